The van der Waals surface area contributed by atoms with E-state index in [0.29, 0.717) is 21.9 Å². The number of hydrogen-bond acceptors (Lipinski definition) is 2. The van der Waals surface area contributed by atoms with E-state index >= 15 is 0 Å². The summed E-state index contributed by atoms with van der Waals surface area (Å²) in [5.74, 6) is -3.00. The lowest BCUT2D eigenvalue weighted by molar-refractivity contribution is -0.113. The fraction of sp³-hybridized carbons (Fsp3) is 0.111. The van der Waals surface area contributed by atoms with Crippen LogP contribution in [0.4, 0.5) is 18.9 Å². The lowest BCUT2D eigenvalue weighted by Crippen LogP contribution is -2.45. The van der Waals surface area contributed by atoms with Crippen molar-refractivity contribution in [1.29, 1.82) is 0 Å². The Hall–Kier alpha value is -2.87. The van der Waals surface area contributed by atoms with E-state index in [1.807, 2.05) is 0 Å². The molecule has 1 aliphatic heterocycles. The first kappa shape index (κ1) is 17.9. The van der Waals surface area contributed by atoms with Crippen LogP contribution in [0.15, 0.2) is 53.7 Å². The van der Waals surface area contributed by atoms with Gasteiger partial charge in [-0.3, -0.25) is 4.79 Å². The van der Waals surface area contributed by atoms with Crippen LogP contribution in [0.5, 0.6) is 0 Å². The minimum absolute atomic E-state index is 0.111. The summed E-state index contributed by atoms with van der Waals surface area (Å²) in [5, 5.41) is 8.68. The van der Waals surface area contributed by atoms with Gasteiger partial charge in [0.25, 0.3) is 5.91 Å². The van der Waals surface area contributed by atoms with E-state index in [4.69, 9.17) is 12.2 Å². The lowest BCUT2D eigenvalue weighted by Gasteiger charge is -2.30. The van der Waals surface area contributed by atoms with Gasteiger partial charge in [-0.1, -0.05) is 12.1 Å². The Morgan fingerprint density at radius 3 is 2.42 bits per heavy atom. The van der Waals surface area contributed by atoms with Gasteiger partial charge in [0.2, 0.25) is 0 Å². The topological polar surface area (TPSA) is 53.2 Å². The number of carbonyl (C=O) groups is 1. The van der Waals surface area contributed by atoms with Gasteiger partial charge in [-0.15, -0.1) is 0 Å². The molecule has 0 saturated heterocycles. The van der Waals surface area contributed by atoms with Gasteiger partial charge in [-0.2, -0.15) is 0 Å². The first-order valence-electron chi connectivity index (χ1n) is 7.65. The molecule has 3 N–H and O–H groups in total. The third-order valence-electron chi connectivity index (χ3n) is 3.89. The maximum absolute atomic E-state index is 13.4. The number of benzene rings is 2. The number of carbonyl (C=O) groups excluding carboxylic acids is 1. The molecular formula is C18H14F3N3OS. The van der Waals surface area contributed by atoms with Crippen LogP contribution in [0.25, 0.3) is 0 Å². The van der Waals surface area contributed by atoms with E-state index in [0.717, 1.165) is 12.1 Å². The van der Waals surface area contributed by atoms with Gasteiger partial charge in [0, 0.05) is 17.5 Å². The van der Waals surface area contributed by atoms with Crippen molar-refractivity contribution in [3.05, 3.63) is 76.7 Å². The third kappa shape index (κ3) is 3.70. The van der Waals surface area contributed by atoms with Crippen molar-refractivity contribution in [2.75, 3.05) is 5.32 Å². The fourth-order valence-corrected chi connectivity index (χ4v) is 2.94. The number of rotatable bonds is 3. The molecule has 134 valence electrons. The van der Waals surface area contributed by atoms with Crippen LogP contribution < -0.4 is 16.0 Å². The second kappa shape index (κ2) is 7.17. The predicted octanol–water partition coefficient (Wildman–Crippen LogP) is 3.54. The highest BCUT2D eigenvalue weighted by Crippen LogP contribution is 2.28. The Labute approximate surface area is 153 Å². The van der Waals surface area contributed by atoms with E-state index in [9.17, 15) is 18.0 Å². The fourth-order valence-electron chi connectivity index (χ4n) is 2.67. The molecule has 0 unspecified atom stereocenters. The van der Waals surface area contributed by atoms with Gasteiger partial charge in [-0.25, -0.2) is 13.2 Å². The molecule has 1 amide bonds. The highest BCUT2D eigenvalue weighted by Gasteiger charge is 2.30. The van der Waals surface area contributed by atoms with E-state index in [-0.39, 0.29) is 5.69 Å². The van der Waals surface area contributed by atoms with E-state index in [2.05, 4.69) is 16.0 Å². The van der Waals surface area contributed by atoms with E-state index in [1.165, 1.54) is 18.2 Å². The van der Waals surface area contributed by atoms with Crippen molar-refractivity contribution >= 4 is 28.9 Å². The number of hydrogen-bond donors (Lipinski definition) is 3. The Morgan fingerprint density at radius 1 is 1.08 bits per heavy atom. The second-order valence-corrected chi connectivity index (χ2v) is 6.11. The largest absolute Gasteiger partial charge is 0.351 e. The summed E-state index contributed by atoms with van der Waals surface area (Å²) in [4.78, 5) is 12.7. The van der Waals surface area contributed by atoms with Crippen LogP contribution in [0.1, 0.15) is 18.5 Å². The van der Waals surface area contributed by atoms with Crippen molar-refractivity contribution in [2.45, 2.75) is 13.0 Å². The molecule has 1 heterocycles. The molecule has 0 aromatic heterocycles. The molecule has 3 rings (SSSR count). The van der Waals surface area contributed by atoms with Gasteiger partial charge in [0.1, 0.15) is 5.82 Å². The molecule has 8 heteroatoms. The van der Waals surface area contributed by atoms with Gasteiger partial charge >= 0.3 is 0 Å². The summed E-state index contributed by atoms with van der Waals surface area (Å²) in [7, 11) is 0. The minimum atomic E-state index is -1.07. The first-order chi connectivity index (χ1) is 12.3. The lowest BCUT2D eigenvalue weighted by atomic mass is 9.95. The molecule has 1 aliphatic rings. The molecule has 0 spiro atoms. The van der Waals surface area contributed by atoms with Gasteiger partial charge in [-0.05, 0) is 49.0 Å². The van der Waals surface area contributed by atoms with Gasteiger partial charge < -0.3 is 16.0 Å². The summed E-state index contributed by atoms with van der Waals surface area (Å²) in [6, 6.07) is 8.10. The number of amides is 1. The quantitative estimate of drug-likeness (QED) is 0.717. The van der Waals surface area contributed by atoms with Crippen LogP contribution in [0.2, 0.25) is 0 Å². The van der Waals surface area contributed by atoms with Crippen LogP contribution in [-0.4, -0.2) is 11.0 Å². The van der Waals surface area contributed by atoms with Crippen molar-refractivity contribution in [3.8, 4) is 0 Å². The highest BCUT2D eigenvalue weighted by atomic mass is 32.1. The molecule has 0 fully saturated rings. The zero-order valence-corrected chi connectivity index (χ0v) is 14.4. The summed E-state index contributed by atoms with van der Waals surface area (Å²) in [5.41, 5.74) is 1.54. The SMILES string of the molecule is CC1=C(C(=O)Nc2ccc(F)c(F)c2)[C@@H](c2ccc(F)cc2)NC(=S)N1. The van der Waals surface area contributed by atoms with Crippen molar-refractivity contribution in [2.24, 2.45) is 0 Å². The number of anilines is 1. The second-order valence-electron chi connectivity index (χ2n) is 5.70. The molecule has 4 nitrogen and oxygen atoms in total. The monoisotopic (exact) mass is 377 g/mol. The standard InChI is InChI=1S/C18H14F3N3OS/c1-9-15(17(25)23-12-6-7-13(20)14(21)8-12)16(24-18(26)22-9)10-2-4-11(19)5-3-10/h2-8,16H,1H3,(H,23,25)(H2,22,24,26)/t16-/m1/s1. The van der Waals surface area contributed by atoms with Gasteiger partial charge in [0.15, 0.2) is 16.7 Å². The Balaban J connectivity index is 1.93. The van der Waals surface area contributed by atoms with Crippen LogP contribution in [0.3, 0.4) is 0 Å². The highest BCUT2D eigenvalue weighted by molar-refractivity contribution is 7.80. The molecule has 26 heavy (non-hydrogen) atoms. The first-order valence-corrected chi connectivity index (χ1v) is 8.06. The molecular weight excluding hydrogens is 363 g/mol. The number of halogens is 3. The summed E-state index contributed by atoms with van der Waals surface area (Å²) in [6.07, 6.45) is 0. The molecule has 2 aromatic carbocycles. The number of nitrogens with one attached hydrogen (secondary N) is 3. The summed E-state index contributed by atoms with van der Waals surface area (Å²) < 4.78 is 39.6. The Morgan fingerprint density at radius 2 is 1.77 bits per heavy atom. The third-order valence-corrected chi connectivity index (χ3v) is 4.11. The molecule has 0 bridgehead atoms. The van der Waals surface area contributed by atoms with E-state index in [1.54, 1.807) is 19.1 Å². The van der Waals surface area contributed by atoms with Crippen molar-refractivity contribution in [3.63, 3.8) is 0 Å². The van der Waals surface area contributed by atoms with Crippen molar-refractivity contribution < 1.29 is 18.0 Å². The summed E-state index contributed by atoms with van der Waals surface area (Å²) >= 11 is 5.13. The van der Waals surface area contributed by atoms with E-state index < -0.39 is 29.4 Å². The van der Waals surface area contributed by atoms with Crippen molar-refractivity contribution in [1.82, 2.24) is 10.6 Å². The molecule has 0 radical (unpaired) electrons. The van der Waals surface area contributed by atoms with Gasteiger partial charge in [0.05, 0.1) is 11.6 Å². The predicted molar refractivity (Wildman–Crippen MR) is 95.7 cm³/mol. The zero-order valence-electron chi connectivity index (χ0n) is 13.6. The maximum atomic E-state index is 13.4. The number of thiocarbonyl (C=S) groups is 1. The minimum Gasteiger partial charge on any atom is -0.351 e. The van der Waals surface area contributed by atoms with Crippen LogP contribution in [0, 0.1) is 17.5 Å². The average molecular weight is 377 g/mol. The Kier molecular flexibility index (Phi) is 4.94. The molecule has 0 aliphatic carbocycles. The molecule has 2 aromatic rings. The molecule has 0 saturated carbocycles. The van der Waals surface area contributed by atoms with Crippen LogP contribution in [-0.2, 0) is 4.79 Å². The summed E-state index contributed by atoms with van der Waals surface area (Å²) in [6.45, 7) is 1.67. The number of allylic oxidation sites excluding steroid dienone is 1. The maximum Gasteiger partial charge on any atom is 0.255 e. The zero-order chi connectivity index (χ0) is 18.8. The average Bonchev–Trinajstić information content (AvgIpc) is 2.58. The molecule has 1 atom stereocenters. The Bertz CT molecular complexity index is 912. The smallest absolute Gasteiger partial charge is 0.255 e. The van der Waals surface area contributed by atoms with Crippen LogP contribution >= 0.6 is 12.2 Å². The normalized spacial score (nSPS) is 16.8.